The van der Waals surface area contributed by atoms with Gasteiger partial charge in [-0.05, 0) is 39.8 Å². The highest BCUT2D eigenvalue weighted by atomic mass is 19.1. The van der Waals surface area contributed by atoms with Crippen LogP contribution in [0.2, 0.25) is 0 Å². The van der Waals surface area contributed by atoms with Gasteiger partial charge in [0, 0.05) is 24.5 Å². The van der Waals surface area contributed by atoms with Crippen LogP contribution >= 0.6 is 0 Å². The lowest BCUT2D eigenvalue weighted by Gasteiger charge is -2.45. The van der Waals surface area contributed by atoms with E-state index in [0.29, 0.717) is 6.42 Å². The largest absolute Gasteiger partial charge is 0.349 e. The molecule has 160 valence electrons. The molecule has 5 N–H and O–H groups in total. The Balaban J connectivity index is 1.49. The van der Waals surface area contributed by atoms with Gasteiger partial charge in [0.1, 0.15) is 25.4 Å². The number of rotatable bonds is 4. The van der Waals surface area contributed by atoms with Crippen LogP contribution in [0.25, 0.3) is 0 Å². The molecule has 0 radical (unpaired) electrons. The molecule has 1 aliphatic carbocycles. The molecule has 3 heterocycles. The molecule has 28 heavy (non-hydrogen) atoms. The Labute approximate surface area is 165 Å². The molecule has 9 unspecified atom stereocenters. The summed E-state index contributed by atoms with van der Waals surface area (Å²) in [5.41, 5.74) is 1.12. The van der Waals surface area contributed by atoms with Gasteiger partial charge in [0.05, 0.1) is 18.4 Å². The number of nitrogens with one attached hydrogen (secondary N) is 5. The first-order valence-corrected chi connectivity index (χ1v) is 10.4. The molecule has 0 aromatic heterocycles. The van der Waals surface area contributed by atoms with Gasteiger partial charge in [-0.2, -0.15) is 0 Å². The lowest BCUT2D eigenvalue weighted by Crippen LogP contribution is -2.73. The fraction of sp³-hybridized carbons (Fsp3) is 0.895. The first kappa shape index (κ1) is 20.6. The highest BCUT2D eigenvalue weighted by Gasteiger charge is 2.51. The van der Waals surface area contributed by atoms with Crippen LogP contribution in [-0.2, 0) is 9.47 Å². The minimum absolute atomic E-state index is 0.123. The van der Waals surface area contributed by atoms with E-state index in [0.717, 1.165) is 31.5 Å². The van der Waals surface area contributed by atoms with E-state index >= 15 is 4.39 Å². The summed E-state index contributed by atoms with van der Waals surface area (Å²) in [5.74, 6) is -0.311. The molecule has 0 spiro atoms. The normalized spacial score (nSPS) is 47.3. The van der Waals surface area contributed by atoms with Gasteiger partial charge in [0.2, 0.25) is 0 Å². The van der Waals surface area contributed by atoms with Gasteiger partial charge in [-0.25, -0.2) is 8.78 Å². The molecule has 9 heteroatoms. The van der Waals surface area contributed by atoms with E-state index < -0.39 is 24.6 Å². The Hall–Kier alpha value is -0.680. The summed E-state index contributed by atoms with van der Waals surface area (Å²) in [4.78, 5) is 0. The van der Waals surface area contributed by atoms with Crippen LogP contribution in [0.4, 0.5) is 8.78 Å². The average Bonchev–Trinajstić information content (AvgIpc) is 2.97. The summed E-state index contributed by atoms with van der Waals surface area (Å²) in [6.45, 7) is 3.73. The lowest BCUT2D eigenvalue weighted by molar-refractivity contribution is -0.0143. The molecule has 0 aromatic carbocycles. The third-order valence-electron chi connectivity index (χ3n) is 6.50. The predicted molar refractivity (Wildman–Crippen MR) is 102 cm³/mol. The number of alkyl halides is 2. The van der Waals surface area contributed by atoms with E-state index in [-0.39, 0.29) is 37.3 Å². The van der Waals surface area contributed by atoms with Gasteiger partial charge in [-0.15, -0.1) is 0 Å². The van der Waals surface area contributed by atoms with Crippen LogP contribution in [0, 0.1) is 5.92 Å². The van der Waals surface area contributed by atoms with Crippen LogP contribution < -0.4 is 26.6 Å². The molecule has 3 aliphatic heterocycles. The van der Waals surface area contributed by atoms with Crippen molar-refractivity contribution >= 4 is 0 Å². The molecule has 4 aliphatic rings. The molecule has 2 saturated heterocycles. The summed E-state index contributed by atoms with van der Waals surface area (Å²) in [6, 6.07) is -0.751. The number of fused-ring (bicyclic) bond motifs is 1. The van der Waals surface area contributed by atoms with Crippen LogP contribution in [0.15, 0.2) is 11.6 Å². The zero-order valence-corrected chi connectivity index (χ0v) is 16.6. The fourth-order valence-electron chi connectivity index (χ4n) is 4.98. The zero-order chi connectivity index (χ0) is 19.7. The summed E-state index contributed by atoms with van der Waals surface area (Å²) < 4.78 is 41.6. The van der Waals surface area contributed by atoms with Gasteiger partial charge in [-0.3, -0.25) is 16.0 Å². The minimum Gasteiger partial charge on any atom is -0.349 e. The van der Waals surface area contributed by atoms with E-state index in [1.54, 1.807) is 14.0 Å². The molecule has 7 nitrogen and oxygen atoms in total. The second-order valence-electron chi connectivity index (χ2n) is 8.29. The highest BCUT2D eigenvalue weighted by molar-refractivity contribution is 5.18. The molecule has 0 amide bonds. The van der Waals surface area contributed by atoms with E-state index in [9.17, 15) is 4.39 Å². The number of hydrogen-bond donors (Lipinski definition) is 5. The zero-order valence-electron chi connectivity index (χ0n) is 16.6. The van der Waals surface area contributed by atoms with Crippen molar-refractivity contribution in [1.29, 1.82) is 0 Å². The van der Waals surface area contributed by atoms with Crippen LogP contribution in [-0.4, -0.2) is 76.0 Å². The molecule has 9 atom stereocenters. The van der Waals surface area contributed by atoms with Gasteiger partial charge in [-0.1, -0.05) is 11.6 Å². The molecule has 0 bridgehead atoms. The molecular weight excluding hydrogens is 368 g/mol. The van der Waals surface area contributed by atoms with Crippen LogP contribution in [0.3, 0.4) is 0 Å². The van der Waals surface area contributed by atoms with Crippen molar-refractivity contribution in [2.75, 3.05) is 26.9 Å². The fourth-order valence-corrected chi connectivity index (χ4v) is 4.98. The number of ether oxygens (including phenoxy) is 2. The quantitative estimate of drug-likeness (QED) is 0.428. The maximum absolute atomic E-state index is 15.8. The highest BCUT2D eigenvalue weighted by Crippen LogP contribution is 2.40. The van der Waals surface area contributed by atoms with Crippen molar-refractivity contribution in [3.05, 3.63) is 11.6 Å². The van der Waals surface area contributed by atoms with Crippen LogP contribution in [0.5, 0.6) is 0 Å². The van der Waals surface area contributed by atoms with Gasteiger partial charge in [0.25, 0.3) is 0 Å². The average molecular weight is 402 g/mol. The second-order valence-corrected chi connectivity index (χ2v) is 8.29. The van der Waals surface area contributed by atoms with E-state index in [1.165, 1.54) is 0 Å². The lowest BCUT2D eigenvalue weighted by atomic mass is 9.74. The SMILES string of the molecule is CNC1NC(NC2CC3OCOC3C(C3=CCNCCC3)C2F)NC(C)C1F. The van der Waals surface area contributed by atoms with Gasteiger partial charge in [0.15, 0.2) is 0 Å². The third kappa shape index (κ3) is 4.12. The van der Waals surface area contributed by atoms with Crippen molar-refractivity contribution in [3.63, 3.8) is 0 Å². The maximum Gasteiger partial charge on any atom is 0.147 e. The Morgan fingerprint density at radius 3 is 2.86 bits per heavy atom. The van der Waals surface area contributed by atoms with Crippen molar-refractivity contribution in [2.24, 2.45) is 5.92 Å². The van der Waals surface area contributed by atoms with Crippen molar-refractivity contribution in [2.45, 2.75) is 75.3 Å². The molecule has 1 saturated carbocycles. The third-order valence-corrected chi connectivity index (χ3v) is 6.50. The summed E-state index contributed by atoms with van der Waals surface area (Å²) >= 11 is 0. The van der Waals surface area contributed by atoms with E-state index in [1.807, 2.05) is 0 Å². The van der Waals surface area contributed by atoms with Crippen molar-refractivity contribution in [3.8, 4) is 0 Å². The van der Waals surface area contributed by atoms with E-state index in [2.05, 4.69) is 32.7 Å². The van der Waals surface area contributed by atoms with Crippen LogP contribution in [0.1, 0.15) is 26.2 Å². The van der Waals surface area contributed by atoms with E-state index in [4.69, 9.17) is 9.47 Å². The summed E-state index contributed by atoms with van der Waals surface area (Å²) in [5, 5.41) is 15.9. The topological polar surface area (TPSA) is 78.6 Å². The monoisotopic (exact) mass is 401 g/mol. The Kier molecular flexibility index (Phi) is 6.61. The Morgan fingerprint density at radius 2 is 2.04 bits per heavy atom. The molecule has 3 fully saturated rings. The first-order valence-electron chi connectivity index (χ1n) is 10.4. The van der Waals surface area contributed by atoms with Crippen molar-refractivity contribution < 1.29 is 18.3 Å². The number of hydrogen-bond acceptors (Lipinski definition) is 7. The first-order chi connectivity index (χ1) is 13.6. The maximum atomic E-state index is 15.8. The molecule has 0 aromatic rings. The molecule has 4 rings (SSSR count). The minimum atomic E-state index is -1.10. The second kappa shape index (κ2) is 8.99. The number of halogens is 2. The Morgan fingerprint density at radius 1 is 1.18 bits per heavy atom. The van der Waals surface area contributed by atoms with Gasteiger partial charge >= 0.3 is 0 Å². The van der Waals surface area contributed by atoms with Gasteiger partial charge < -0.3 is 20.1 Å². The smallest absolute Gasteiger partial charge is 0.147 e. The summed E-state index contributed by atoms with van der Waals surface area (Å²) in [6.07, 6.45) is 1.14. The summed E-state index contributed by atoms with van der Waals surface area (Å²) in [7, 11) is 1.72. The Bertz CT molecular complexity index is 568. The standard InChI is InChI=1S/C19H33F2N5O2/c1-10-15(20)18(22-2)26-19(24-10)25-12-8-13-17(28-9-27-13)14(16(12)21)11-4-3-6-23-7-5-11/h5,10,12-19,22-26H,3-4,6-9H2,1-2H3. The van der Waals surface area contributed by atoms with Crippen molar-refractivity contribution in [1.82, 2.24) is 26.6 Å². The molecular formula is C19H33F2N5O2. The predicted octanol–water partition coefficient (Wildman–Crippen LogP) is 0.102.